The van der Waals surface area contributed by atoms with E-state index in [4.69, 9.17) is 5.26 Å². The summed E-state index contributed by atoms with van der Waals surface area (Å²) in [6.45, 7) is 2.33. The van der Waals surface area contributed by atoms with E-state index in [1.165, 1.54) is 11.1 Å². The van der Waals surface area contributed by atoms with Gasteiger partial charge in [0.25, 0.3) is 5.91 Å². The second-order valence-corrected chi connectivity index (χ2v) is 5.51. The summed E-state index contributed by atoms with van der Waals surface area (Å²) in [6.07, 6.45) is 3.48. The molecule has 1 aliphatic carbocycles. The lowest BCUT2D eigenvalue weighted by Crippen LogP contribution is -2.35. The molecule has 1 aromatic rings. The SMILES string of the molecule is N#CCCN(C(=O)c1cccc2c1CCNC2)C1CC1. The Labute approximate surface area is 119 Å². The predicted molar refractivity (Wildman–Crippen MR) is 76.1 cm³/mol. The fraction of sp³-hybridized carbons (Fsp3) is 0.500. The summed E-state index contributed by atoms with van der Waals surface area (Å²) in [5, 5.41) is 12.1. The van der Waals surface area contributed by atoms with Gasteiger partial charge in [0.2, 0.25) is 0 Å². The van der Waals surface area contributed by atoms with Gasteiger partial charge >= 0.3 is 0 Å². The third kappa shape index (κ3) is 2.54. The Morgan fingerprint density at radius 1 is 1.45 bits per heavy atom. The van der Waals surface area contributed by atoms with E-state index in [1.54, 1.807) is 0 Å². The zero-order valence-electron chi connectivity index (χ0n) is 11.6. The van der Waals surface area contributed by atoms with Crippen LogP contribution in [0.5, 0.6) is 0 Å². The van der Waals surface area contributed by atoms with Crippen LogP contribution in [0.1, 0.15) is 40.7 Å². The van der Waals surface area contributed by atoms with Crippen molar-refractivity contribution in [3.05, 3.63) is 34.9 Å². The van der Waals surface area contributed by atoms with Crippen molar-refractivity contribution in [1.82, 2.24) is 10.2 Å². The van der Waals surface area contributed by atoms with Gasteiger partial charge in [0.1, 0.15) is 0 Å². The van der Waals surface area contributed by atoms with Crippen molar-refractivity contribution >= 4 is 5.91 Å². The first-order valence-electron chi connectivity index (χ1n) is 7.30. The minimum atomic E-state index is 0.113. The molecule has 1 aliphatic heterocycles. The van der Waals surface area contributed by atoms with Gasteiger partial charge in [0.15, 0.2) is 0 Å². The number of carbonyl (C=O) groups is 1. The molecule has 0 saturated heterocycles. The zero-order chi connectivity index (χ0) is 13.9. The summed E-state index contributed by atoms with van der Waals surface area (Å²) in [4.78, 5) is 14.7. The number of nitriles is 1. The number of rotatable bonds is 4. The number of benzene rings is 1. The molecule has 104 valence electrons. The average Bonchev–Trinajstić information content (AvgIpc) is 3.31. The molecule has 0 radical (unpaired) electrons. The number of hydrogen-bond donors (Lipinski definition) is 1. The average molecular weight is 269 g/mol. The van der Waals surface area contributed by atoms with Crippen LogP contribution < -0.4 is 5.32 Å². The molecule has 0 atom stereocenters. The van der Waals surface area contributed by atoms with E-state index < -0.39 is 0 Å². The van der Waals surface area contributed by atoms with Crippen LogP contribution >= 0.6 is 0 Å². The summed E-state index contributed by atoms with van der Waals surface area (Å²) < 4.78 is 0. The maximum atomic E-state index is 12.8. The molecule has 1 saturated carbocycles. The molecule has 1 heterocycles. The fourth-order valence-electron chi connectivity index (χ4n) is 2.89. The summed E-state index contributed by atoms with van der Waals surface area (Å²) in [6, 6.07) is 8.50. The maximum absolute atomic E-state index is 12.8. The van der Waals surface area contributed by atoms with E-state index in [0.717, 1.165) is 37.9 Å². The van der Waals surface area contributed by atoms with Gasteiger partial charge in [-0.2, -0.15) is 5.26 Å². The first-order chi connectivity index (χ1) is 9.81. The smallest absolute Gasteiger partial charge is 0.254 e. The maximum Gasteiger partial charge on any atom is 0.254 e. The Balaban J connectivity index is 1.87. The number of nitrogens with one attached hydrogen (secondary N) is 1. The number of amides is 1. The van der Waals surface area contributed by atoms with E-state index >= 15 is 0 Å². The molecule has 1 fully saturated rings. The monoisotopic (exact) mass is 269 g/mol. The Morgan fingerprint density at radius 3 is 3.05 bits per heavy atom. The lowest BCUT2D eigenvalue weighted by Gasteiger charge is -2.25. The summed E-state index contributed by atoms with van der Waals surface area (Å²) in [5.74, 6) is 0.113. The standard InChI is InChI=1S/C16H19N3O/c17-8-2-10-19(13-5-6-13)16(20)15-4-1-3-12-11-18-9-7-14(12)15/h1,3-4,13,18H,2,5-7,9-11H2. The second kappa shape index (κ2) is 5.64. The molecule has 0 unspecified atom stereocenters. The molecule has 4 heteroatoms. The van der Waals surface area contributed by atoms with Gasteiger partial charge in [-0.15, -0.1) is 0 Å². The van der Waals surface area contributed by atoms with Gasteiger partial charge in [0.05, 0.1) is 12.5 Å². The zero-order valence-corrected chi connectivity index (χ0v) is 11.6. The van der Waals surface area contributed by atoms with Crippen LogP contribution in [0.3, 0.4) is 0 Å². The van der Waals surface area contributed by atoms with E-state index in [0.29, 0.717) is 19.0 Å². The normalized spacial score (nSPS) is 17.1. The molecule has 0 bridgehead atoms. The molecule has 0 spiro atoms. The minimum absolute atomic E-state index is 0.113. The number of carbonyl (C=O) groups excluding carboxylic acids is 1. The van der Waals surface area contributed by atoms with Crippen molar-refractivity contribution in [3.8, 4) is 6.07 Å². The van der Waals surface area contributed by atoms with Crippen LogP contribution in [-0.2, 0) is 13.0 Å². The van der Waals surface area contributed by atoms with Crippen molar-refractivity contribution in [3.63, 3.8) is 0 Å². The van der Waals surface area contributed by atoms with Crippen molar-refractivity contribution in [2.45, 2.75) is 38.3 Å². The van der Waals surface area contributed by atoms with Gasteiger partial charge in [-0.05, 0) is 43.0 Å². The fourth-order valence-corrected chi connectivity index (χ4v) is 2.89. The van der Waals surface area contributed by atoms with Crippen LogP contribution in [0.2, 0.25) is 0 Å². The number of hydrogen-bond acceptors (Lipinski definition) is 3. The molecule has 0 aromatic heterocycles. The predicted octanol–water partition coefficient (Wildman–Crippen LogP) is 1.85. The van der Waals surface area contributed by atoms with Crippen molar-refractivity contribution in [2.24, 2.45) is 0 Å². The topological polar surface area (TPSA) is 56.1 Å². The second-order valence-electron chi connectivity index (χ2n) is 5.51. The van der Waals surface area contributed by atoms with Crippen LogP contribution in [0.4, 0.5) is 0 Å². The van der Waals surface area contributed by atoms with Crippen LogP contribution in [-0.4, -0.2) is 29.9 Å². The first kappa shape index (κ1) is 13.1. The quantitative estimate of drug-likeness (QED) is 0.907. The minimum Gasteiger partial charge on any atom is -0.335 e. The highest BCUT2D eigenvalue weighted by atomic mass is 16.2. The lowest BCUT2D eigenvalue weighted by molar-refractivity contribution is 0.0745. The summed E-state index contributed by atoms with van der Waals surface area (Å²) in [5.41, 5.74) is 3.27. The molecule has 1 amide bonds. The van der Waals surface area contributed by atoms with Crippen molar-refractivity contribution in [2.75, 3.05) is 13.1 Å². The molecular formula is C16H19N3O. The van der Waals surface area contributed by atoms with Crippen LogP contribution in [0.25, 0.3) is 0 Å². The highest BCUT2D eigenvalue weighted by Gasteiger charge is 2.33. The Morgan fingerprint density at radius 2 is 2.30 bits per heavy atom. The molecule has 1 aromatic carbocycles. The van der Waals surface area contributed by atoms with Gasteiger partial charge in [-0.1, -0.05) is 12.1 Å². The van der Waals surface area contributed by atoms with Gasteiger partial charge < -0.3 is 10.2 Å². The molecule has 20 heavy (non-hydrogen) atoms. The third-order valence-corrected chi connectivity index (χ3v) is 4.08. The lowest BCUT2D eigenvalue weighted by atomic mass is 9.94. The summed E-state index contributed by atoms with van der Waals surface area (Å²) in [7, 11) is 0. The van der Waals surface area contributed by atoms with E-state index in [2.05, 4.69) is 17.5 Å². The van der Waals surface area contributed by atoms with Gasteiger partial charge in [0, 0.05) is 24.7 Å². The highest BCUT2D eigenvalue weighted by Crippen LogP contribution is 2.30. The Kier molecular flexibility index (Phi) is 3.70. The Hall–Kier alpha value is -1.86. The first-order valence-corrected chi connectivity index (χ1v) is 7.30. The van der Waals surface area contributed by atoms with E-state index in [1.807, 2.05) is 17.0 Å². The van der Waals surface area contributed by atoms with Crippen LogP contribution in [0, 0.1) is 11.3 Å². The molecule has 4 nitrogen and oxygen atoms in total. The number of fused-ring (bicyclic) bond motifs is 1. The van der Waals surface area contributed by atoms with E-state index in [-0.39, 0.29) is 5.91 Å². The van der Waals surface area contributed by atoms with Crippen molar-refractivity contribution in [1.29, 1.82) is 5.26 Å². The van der Waals surface area contributed by atoms with Gasteiger partial charge in [-0.25, -0.2) is 0 Å². The highest BCUT2D eigenvalue weighted by molar-refractivity contribution is 5.96. The van der Waals surface area contributed by atoms with Gasteiger partial charge in [-0.3, -0.25) is 4.79 Å². The third-order valence-electron chi connectivity index (χ3n) is 4.08. The summed E-state index contributed by atoms with van der Waals surface area (Å²) >= 11 is 0. The molecular weight excluding hydrogens is 250 g/mol. The van der Waals surface area contributed by atoms with Crippen LogP contribution in [0.15, 0.2) is 18.2 Å². The molecule has 3 rings (SSSR count). The largest absolute Gasteiger partial charge is 0.335 e. The molecule has 2 aliphatic rings. The van der Waals surface area contributed by atoms with Crippen molar-refractivity contribution < 1.29 is 4.79 Å². The Bertz CT molecular complexity index is 557. The van der Waals surface area contributed by atoms with E-state index in [9.17, 15) is 4.79 Å². The number of nitrogens with zero attached hydrogens (tertiary/aromatic N) is 2. The molecule has 1 N–H and O–H groups in total.